The highest BCUT2D eigenvalue weighted by molar-refractivity contribution is 6.32. The first kappa shape index (κ1) is 10.4. The quantitative estimate of drug-likeness (QED) is 0.731. The molecule has 0 aliphatic carbocycles. The molecule has 1 rings (SSSR count). The van der Waals surface area contributed by atoms with Crippen LogP contribution in [0.2, 0.25) is 5.02 Å². The smallest absolute Gasteiger partial charge is 0.124 e. The summed E-state index contributed by atoms with van der Waals surface area (Å²) in [6.45, 7) is 5.25. The van der Waals surface area contributed by atoms with Crippen LogP contribution < -0.4 is 0 Å². The first-order valence-electron chi connectivity index (χ1n) is 4.08. The molecule has 72 valence electrons. The Hall–Kier alpha value is -0.730. The van der Waals surface area contributed by atoms with Crippen molar-refractivity contribution in [3.8, 4) is 5.75 Å². The van der Waals surface area contributed by atoms with Crippen LogP contribution in [0.3, 0.4) is 0 Å². The predicted molar refractivity (Wildman–Crippen MR) is 53.3 cm³/mol. The van der Waals surface area contributed by atoms with Crippen LogP contribution in [0.1, 0.15) is 22.3 Å². The molecule has 3 heteroatoms. The Morgan fingerprint density at radius 1 is 1.08 bits per heavy atom. The topological polar surface area (TPSA) is 40.5 Å². The van der Waals surface area contributed by atoms with Crippen molar-refractivity contribution in [1.29, 1.82) is 0 Å². The Kier molecular flexibility index (Phi) is 2.84. The summed E-state index contributed by atoms with van der Waals surface area (Å²) >= 11 is 6.02. The molecule has 0 spiro atoms. The molecule has 1 aromatic rings. The zero-order chi connectivity index (χ0) is 10.2. The molecule has 0 saturated heterocycles. The van der Waals surface area contributed by atoms with E-state index in [1.165, 1.54) is 0 Å². The highest BCUT2D eigenvalue weighted by atomic mass is 35.5. The number of hydrogen-bond donors (Lipinski definition) is 2. The molecule has 0 bridgehead atoms. The van der Waals surface area contributed by atoms with Crippen LogP contribution >= 0.6 is 11.6 Å². The minimum atomic E-state index is -0.182. The molecular weight excluding hydrogens is 188 g/mol. The van der Waals surface area contributed by atoms with Gasteiger partial charge >= 0.3 is 0 Å². The normalized spacial score (nSPS) is 10.5. The number of halogens is 1. The lowest BCUT2D eigenvalue weighted by molar-refractivity contribution is 0.274. The van der Waals surface area contributed by atoms with Gasteiger partial charge in [0.2, 0.25) is 0 Å². The molecule has 0 heterocycles. The van der Waals surface area contributed by atoms with Crippen LogP contribution in [0.25, 0.3) is 0 Å². The molecule has 0 unspecified atom stereocenters. The number of aromatic hydroxyl groups is 1. The maximum atomic E-state index is 9.67. The van der Waals surface area contributed by atoms with Gasteiger partial charge in [-0.25, -0.2) is 0 Å². The minimum Gasteiger partial charge on any atom is -0.507 e. The van der Waals surface area contributed by atoms with Crippen LogP contribution in [-0.2, 0) is 6.61 Å². The lowest BCUT2D eigenvalue weighted by Gasteiger charge is -2.13. The Bertz CT molecular complexity index is 316. The van der Waals surface area contributed by atoms with Crippen molar-refractivity contribution in [1.82, 2.24) is 0 Å². The molecule has 0 atom stereocenters. The number of phenols is 1. The summed E-state index contributed by atoms with van der Waals surface area (Å²) in [6, 6.07) is 0. The Morgan fingerprint density at radius 2 is 1.62 bits per heavy atom. The number of hydrogen-bond acceptors (Lipinski definition) is 2. The Balaban J connectivity index is 3.56. The van der Waals surface area contributed by atoms with Gasteiger partial charge in [-0.3, -0.25) is 0 Å². The van der Waals surface area contributed by atoms with Gasteiger partial charge in [0, 0.05) is 10.6 Å². The fourth-order valence-corrected chi connectivity index (χ4v) is 1.61. The van der Waals surface area contributed by atoms with Crippen molar-refractivity contribution in [3.05, 3.63) is 27.3 Å². The number of aliphatic hydroxyl groups is 1. The molecule has 0 amide bonds. The monoisotopic (exact) mass is 200 g/mol. The third kappa shape index (κ3) is 1.52. The first-order chi connectivity index (χ1) is 6.00. The predicted octanol–water partition coefficient (Wildman–Crippen LogP) is 2.46. The standard InChI is InChI=1S/C10H13ClO2/c1-5-6(2)10(13)8(4-12)7(3)9(5)11/h12-13H,4H2,1-3H3. The lowest BCUT2D eigenvalue weighted by atomic mass is 9.99. The van der Waals surface area contributed by atoms with Crippen molar-refractivity contribution in [2.24, 2.45) is 0 Å². The van der Waals surface area contributed by atoms with E-state index in [1.807, 2.05) is 6.92 Å². The van der Waals surface area contributed by atoms with Gasteiger partial charge in [0.05, 0.1) is 6.61 Å². The number of rotatable bonds is 1. The highest BCUT2D eigenvalue weighted by Crippen LogP contribution is 2.34. The molecule has 13 heavy (non-hydrogen) atoms. The van der Waals surface area contributed by atoms with E-state index in [0.29, 0.717) is 10.6 Å². The summed E-state index contributed by atoms with van der Waals surface area (Å²) < 4.78 is 0. The van der Waals surface area contributed by atoms with E-state index in [9.17, 15) is 5.11 Å². The Labute approximate surface area is 82.8 Å². The maximum Gasteiger partial charge on any atom is 0.124 e. The number of benzene rings is 1. The van der Waals surface area contributed by atoms with Gasteiger partial charge in [-0.1, -0.05) is 11.6 Å². The molecular formula is C10H13ClO2. The first-order valence-corrected chi connectivity index (χ1v) is 4.46. The van der Waals surface area contributed by atoms with Crippen molar-refractivity contribution in [3.63, 3.8) is 0 Å². The molecule has 0 aliphatic heterocycles. The average Bonchev–Trinajstić information content (AvgIpc) is 2.13. The summed E-state index contributed by atoms with van der Waals surface area (Å²) in [5.74, 6) is 0.155. The second kappa shape index (κ2) is 3.56. The molecule has 0 fully saturated rings. The van der Waals surface area contributed by atoms with Crippen LogP contribution in [0.5, 0.6) is 5.75 Å². The van der Waals surface area contributed by atoms with E-state index in [0.717, 1.165) is 16.7 Å². The summed E-state index contributed by atoms with van der Waals surface area (Å²) in [6.07, 6.45) is 0. The average molecular weight is 201 g/mol. The van der Waals surface area contributed by atoms with Gasteiger partial charge in [-0.15, -0.1) is 0 Å². The number of aliphatic hydroxyl groups excluding tert-OH is 1. The van der Waals surface area contributed by atoms with E-state index in [2.05, 4.69) is 0 Å². The third-order valence-electron chi connectivity index (χ3n) is 2.47. The molecule has 2 N–H and O–H groups in total. The summed E-state index contributed by atoms with van der Waals surface area (Å²) in [5.41, 5.74) is 2.88. The van der Waals surface area contributed by atoms with Gasteiger partial charge in [0.1, 0.15) is 5.75 Å². The largest absolute Gasteiger partial charge is 0.507 e. The van der Waals surface area contributed by atoms with Crippen LogP contribution in [0, 0.1) is 20.8 Å². The second-order valence-electron chi connectivity index (χ2n) is 3.17. The van der Waals surface area contributed by atoms with E-state index in [4.69, 9.17) is 16.7 Å². The molecule has 0 aromatic heterocycles. The van der Waals surface area contributed by atoms with Crippen molar-refractivity contribution in [2.75, 3.05) is 0 Å². The van der Waals surface area contributed by atoms with E-state index in [-0.39, 0.29) is 12.4 Å². The fourth-order valence-electron chi connectivity index (χ4n) is 1.35. The summed E-state index contributed by atoms with van der Waals surface area (Å²) in [7, 11) is 0. The highest BCUT2D eigenvalue weighted by Gasteiger charge is 2.14. The minimum absolute atomic E-state index is 0.155. The van der Waals surface area contributed by atoms with Gasteiger partial charge in [-0.2, -0.15) is 0 Å². The second-order valence-corrected chi connectivity index (χ2v) is 3.55. The molecule has 2 nitrogen and oxygen atoms in total. The SMILES string of the molecule is Cc1c(C)c(Cl)c(C)c(CO)c1O. The third-order valence-corrected chi connectivity index (χ3v) is 3.04. The van der Waals surface area contributed by atoms with E-state index >= 15 is 0 Å². The van der Waals surface area contributed by atoms with Gasteiger partial charge < -0.3 is 10.2 Å². The van der Waals surface area contributed by atoms with Gasteiger partial charge in [-0.05, 0) is 37.5 Å². The summed E-state index contributed by atoms with van der Waals surface area (Å²) in [4.78, 5) is 0. The zero-order valence-corrected chi connectivity index (χ0v) is 8.74. The van der Waals surface area contributed by atoms with Crippen LogP contribution in [0.15, 0.2) is 0 Å². The van der Waals surface area contributed by atoms with Crippen LogP contribution in [0.4, 0.5) is 0 Å². The van der Waals surface area contributed by atoms with E-state index in [1.54, 1.807) is 13.8 Å². The van der Waals surface area contributed by atoms with E-state index < -0.39 is 0 Å². The van der Waals surface area contributed by atoms with Crippen molar-refractivity contribution < 1.29 is 10.2 Å². The van der Waals surface area contributed by atoms with Gasteiger partial charge in [0.25, 0.3) is 0 Å². The molecule has 0 saturated carbocycles. The molecule has 1 aromatic carbocycles. The lowest BCUT2D eigenvalue weighted by Crippen LogP contribution is -1.96. The maximum absolute atomic E-state index is 9.67. The van der Waals surface area contributed by atoms with Crippen molar-refractivity contribution >= 4 is 11.6 Å². The fraction of sp³-hybridized carbons (Fsp3) is 0.400. The molecule has 0 aliphatic rings. The molecule has 0 radical (unpaired) electrons. The summed E-state index contributed by atoms with van der Waals surface area (Å²) in [5, 5.41) is 19.3. The van der Waals surface area contributed by atoms with Crippen LogP contribution in [-0.4, -0.2) is 10.2 Å². The van der Waals surface area contributed by atoms with Gasteiger partial charge in [0.15, 0.2) is 0 Å². The Morgan fingerprint density at radius 3 is 2.08 bits per heavy atom. The van der Waals surface area contributed by atoms with Crippen molar-refractivity contribution in [2.45, 2.75) is 27.4 Å². The zero-order valence-electron chi connectivity index (χ0n) is 7.98.